The van der Waals surface area contributed by atoms with E-state index in [2.05, 4.69) is 141 Å². The number of pyridine rings is 18. The van der Waals surface area contributed by atoms with Crippen LogP contribution in [-0.4, -0.2) is 135 Å². The number of hydrogen-bond donors (Lipinski definition) is 0. The molecule has 0 aromatic carbocycles. The molecule has 36 nitrogen and oxygen atoms in total. The molecule has 0 radical (unpaired) electrons. The van der Waals surface area contributed by atoms with Crippen LogP contribution in [0.15, 0.2) is 331 Å². The molecule has 0 spiro atoms. The Bertz CT molecular complexity index is 7810. The minimum atomic E-state index is 0.273. The fourth-order valence-electron chi connectivity index (χ4n) is 14.5. The highest BCUT2D eigenvalue weighted by molar-refractivity contribution is 5.81. The van der Waals surface area contributed by atoms with Crippen LogP contribution in [0.25, 0.3) is 218 Å². The highest BCUT2D eigenvalue weighted by Gasteiger charge is 2.23. The van der Waals surface area contributed by atoms with Crippen molar-refractivity contribution in [2.75, 3.05) is 0 Å². The zero-order chi connectivity index (χ0) is 98.6. The first kappa shape index (κ1) is 90.3. The third kappa shape index (κ3) is 20.7. The molecular weight excluding hydrogens is 1800 g/mol. The van der Waals surface area contributed by atoms with Gasteiger partial charge in [-0.3, -0.25) is 74.8 Å². The van der Waals surface area contributed by atoms with Crippen LogP contribution >= 0.6 is 0 Å². The van der Waals surface area contributed by atoms with Gasteiger partial charge in [-0.15, -0.1) is 4.98 Å². The smallest absolute Gasteiger partial charge is 0.270 e. The number of nitrogens with zero attached hydrogens (tertiary/aromatic N) is 36. The standard InChI is InChI=1S/3C36H18N12/c1-39-33-7-29(17-45-21-33)28-6-32(20-44-16-28)36-47-34(30-4-26(14-42-18-30)24-2-22(8-37)10-40-12-24)46-35(48-36)31-5-27(15-43-19-31)25-3-23(9-38)11-41-13-25;1-39-33-13-24(4-7-45-33)27-10-30(21-42-18-27)36-47-34(28-8-25(16-40-19-28)22-2-5-43-31(11-22)14-37)46-35(48-36)29-9-26(17-41-20-29)23-3-6-44-32(12-23)15-38;1-39-27-10-13-42-33(16-27)30-7-4-26(21-45-30)36-47-34(24-2-5-28(43-19-24)31-14-22(17-37)8-11-40-31)46-35(48-36)25-3-6-29(44-20-25)32-15-23(18-38)9-12-41-32/h2-7,10-21H;2-13,16-21H;2-16,19-21H. The molecule has 21 heterocycles. The summed E-state index contributed by atoms with van der Waals surface area (Å²) in [5.74, 6) is 3.47. The van der Waals surface area contributed by atoms with Crippen LogP contribution < -0.4 is 0 Å². The monoisotopic (exact) mass is 1850 g/mol. The lowest BCUT2D eigenvalue weighted by Crippen LogP contribution is -2.01. The molecule has 0 unspecified atom stereocenters. The molecule has 0 bridgehead atoms. The zero-order valence-electron chi connectivity index (χ0n) is 74.3. The summed E-state index contributed by atoms with van der Waals surface area (Å²) in [5, 5.41) is 56.0. The van der Waals surface area contributed by atoms with Crippen molar-refractivity contribution in [3.8, 4) is 240 Å². The Labute approximate surface area is 817 Å². The van der Waals surface area contributed by atoms with Crippen molar-refractivity contribution in [1.29, 1.82) is 31.6 Å². The van der Waals surface area contributed by atoms with Crippen LogP contribution in [0.4, 0.5) is 17.2 Å². The van der Waals surface area contributed by atoms with Gasteiger partial charge in [0, 0.05) is 250 Å². The molecule has 0 amide bonds. The molecule has 0 fully saturated rings. The van der Waals surface area contributed by atoms with E-state index < -0.39 is 0 Å². The van der Waals surface area contributed by atoms with Gasteiger partial charge in [0.25, 0.3) is 5.82 Å². The molecule has 0 saturated carbocycles. The summed E-state index contributed by atoms with van der Waals surface area (Å²) < 4.78 is 0. The van der Waals surface area contributed by atoms with Crippen molar-refractivity contribution < 1.29 is 0 Å². The third-order valence-corrected chi connectivity index (χ3v) is 21.6. The number of aromatic nitrogens is 27. The van der Waals surface area contributed by atoms with Gasteiger partial charge in [0.05, 0.1) is 81.7 Å². The maximum absolute atomic E-state index is 9.38. The van der Waals surface area contributed by atoms with Crippen molar-refractivity contribution in [3.05, 3.63) is 399 Å². The van der Waals surface area contributed by atoms with Crippen molar-refractivity contribution in [3.63, 3.8) is 0 Å². The van der Waals surface area contributed by atoms with E-state index in [0.29, 0.717) is 170 Å². The van der Waals surface area contributed by atoms with Gasteiger partial charge in [0.15, 0.2) is 58.1 Å². The summed E-state index contributed by atoms with van der Waals surface area (Å²) in [4.78, 5) is 132. The van der Waals surface area contributed by atoms with Gasteiger partial charge >= 0.3 is 0 Å². The van der Waals surface area contributed by atoms with Gasteiger partial charge < -0.3 is 4.85 Å². The molecule has 0 N–H and O–H groups in total. The highest BCUT2D eigenvalue weighted by atomic mass is 15.1. The normalized spacial score (nSPS) is 10.4. The van der Waals surface area contributed by atoms with Crippen molar-refractivity contribution >= 4 is 17.2 Å². The van der Waals surface area contributed by atoms with Crippen LogP contribution in [0.2, 0.25) is 0 Å². The molecule has 21 aromatic heterocycles. The summed E-state index contributed by atoms with van der Waals surface area (Å²) in [5.41, 5.74) is 21.3. The Morgan fingerprint density at radius 3 is 0.771 bits per heavy atom. The Morgan fingerprint density at radius 2 is 0.451 bits per heavy atom. The lowest BCUT2D eigenvalue weighted by atomic mass is 10.1. The molecule has 144 heavy (non-hydrogen) atoms. The van der Waals surface area contributed by atoms with Gasteiger partial charge in [0.2, 0.25) is 5.69 Å². The third-order valence-electron chi connectivity index (χ3n) is 21.6. The molecule has 21 rings (SSSR count). The number of hydrogen-bond acceptors (Lipinski definition) is 33. The first-order chi connectivity index (χ1) is 70.8. The second-order valence-corrected chi connectivity index (χ2v) is 30.9. The van der Waals surface area contributed by atoms with E-state index in [1.54, 1.807) is 252 Å². The minimum Gasteiger partial charge on any atom is -0.361 e. The molecule has 0 aliphatic carbocycles. The topological polar surface area (TPSA) is 504 Å². The molecule has 36 heteroatoms. The van der Waals surface area contributed by atoms with Gasteiger partial charge in [-0.1, -0.05) is 6.57 Å². The molecule has 21 aromatic rings. The quantitative estimate of drug-likeness (QED) is 0.0720. The predicted octanol–water partition coefficient (Wildman–Crippen LogP) is 19.6. The largest absolute Gasteiger partial charge is 0.361 e. The van der Waals surface area contributed by atoms with Gasteiger partial charge in [-0.2, -0.15) is 31.6 Å². The SMILES string of the molecule is [C-]#[N+]c1cc(-c2cncc(-c3nc(-c4cncc(-c5ccnc(C#N)c5)c4)nc(-c4cncc(-c5ccnc(C#N)c5)c4)n3)c2)ccn1.[C-]#[N+]c1ccnc(-c2ccc(-c3nc(-c4ccc(-c5cc(C#N)ccn5)nc4)nc(-c4ccc(-c5cc(C#N)ccn5)nc4)n3)cn2)c1.[C-]#[N+]c1cncc(-c2cncc(-c3nc(-c4cncc(-c5cncc(C#N)c5)c4)nc(-c4cncc(-c5cncc(C#N)c5)c4)n3)c2)c1. The number of rotatable bonds is 18. The second-order valence-electron chi connectivity index (χ2n) is 30.9. The molecule has 0 atom stereocenters. The van der Waals surface area contributed by atoms with Crippen molar-refractivity contribution in [2.45, 2.75) is 0 Å². The Balaban J connectivity index is 0.000000137. The van der Waals surface area contributed by atoms with Crippen LogP contribution in [0.5, 0.6) is 0 Å². The highest BCUT2D eigenvalue weighted by Crippen LogP contribution is 2.37. The van der Waals surface area contributed by atoms with E-state index in [1.165, 1.54) is 18.6 Å². The lowest BCUT2D eigenvalue weighted by molar-refractivity contribution is 1.06. The Hall–Kier alpha value is -22.9. The average Bonchev–Trinajstić information content (AvgIpc) is 0.779. The van der Waals surface area contributed by atoms with Crippen molar-refractivity contribution in [2.24, 2.45) is 0 Å². The van der Waals surface area contributed by atoms with Crippen molar-refractivity contribution in [1.82, 2.24) is 135 Å². The van der Waals surface area contributed by atoms with E-state index in [1.807, 2.05) is 60.7 Å². The van der Waals surface area contributed by atoms with E-state index in [0.717, 1.165) is 66.8 Å². The fraction of sp³-hybridized carbons (Fsp3) is 0. The minimum absolute atomic E-state index is 0.273. The second kappa shape index (κ2) is 41.7. The maximum Gasteiger partial charge on any atom is 0.270 e. The maximum atomic E-state index is 9.38. The summed E-state index contributed by atoms with van der Waals surface area (Å²) >= 11 is 0. The summed E-state index contributed by atoms with van der Waals surface area (Å²) in [7, 11) is 0. The lowest BCUT2D eigenvalue weighted by Gasteiger charge is -2.11. The Kier molecular flexibility index (Phi) is 26.2. The van der Waals surface area contributed by atoms with Crippen LogP contribution in [0.1, 0.15) is 33.6 Å². The van der Waals surface area contributed by atoms with Gasteiger partial charge in [0.1, 0.15) is 41.9 Å². The zero-order valence-corrected chi connectivity index (χ0v) is 74.3. The van der Waals surface area contributed by atoms with Gasteiger partial charge in [-0.25, -0.2) is 64.5 Å². The van der Waals surface area contributed by atoms with E-state index in [-0.39, 0.29) is 17.2 Å². The molecular formula is C108H54N36. The first-order valence-corrected chi connectivity index (χ1v) is 42.9. The van der Waals surface area contributed by atoms with Crippen LogP contribution in [0, 0.1) is 87.7 Å². The molecule has 666 valence electrons. The van der Waals surface area contributed by atoms with Crippen LogP contribution in [0.3, 0.4) is 0 Å². The summed E-state index contributed by atoms with van der Waals surface area (Å²) in [6.45, 7) is 22.0. The van der Waals surface area contributed by atoms with E-state index >= 15 is 0 Å². The predicted molar refractivity (Wildman–Crippen MR) is 525 cm³/mol. The summed E-state index contributed by atoms with van der Waals surface area (Å²) in [6.07, 6.45) is 43.9. The fourth-order valence-corrected chi connectivity index (χ4v) is 14.5. The average molecular weight is 1860 g/mol. The first-order valence-electron chi connectivity index (χ1n) is 42.9. The molecule has 0 aliphatic heterocycles. The molecule has 0 saturated heterocycles. The van der Waals surface area contributed by atoms with E-state index in [9.17, 15) is 31.6 Å². The van der Waals surface area contributed by atoms with Crippen LogP contribution in [-0.2, 0) is 0 Å². The number of nitriles is 6. The van der Waals surface area contributed by atoms with E-state index in [4.69, 9.17) is 64.6 Å². The molecule has 0 aliphatic rings. The Morgan fingerprint density at radius 1 is 0.174 bits per heavy atom. The summed E-state index contributed by atoms with van der Waals surface area (Å²) in [6, 6.07) is 60.4. The van der Waals surface area contributed by atoms with Gasteiger partial charge in [-0.05, 0) is 192 Å².